The Morgan fingerprint density at radius 1 is 0.714 bits per heavy atom. The van der Waals surface area contributed by atoms with Crippen molar-refractivity contribution >= 4 is 23.9 Å². The molecule has 0 fully saturated rings. The Morgan fingerprint density at radius 2 is 1.23 bits per heavy atom. The lowest BCUT2D eigenvalue weighted by Gasteiger charge is -2.19. The lowest BCUT2D eigenvalue weighted by molar-refractivity contribution is -0.138. The average molecular weight is 485 g/mol. The maximum Gasteiger partial charge on any atom is 0.339 e. The average Bonchev–Trinajstić information content (AvgIpc) is 2.82. The third-order valence-electron chi connectivity index (χ3n) is 4.90. The highest BCUT2D eigenvalue weighted by atomic mass is 16.6. The minimum atomic E-state index is -0.710. The summed E-state index contributed by atoms with van der Waals surface area (Å²) in [4.78, 5) is 50.0. The molecule has 0 radical (unpaired) electrons. The smallest absolute Gasteiger partial charge is 0.339 e. The lowest BCUT2D eigenvalue weighted by atomic mass is 10.1. The van der Waals surface area contributed by atoms with Crippen LogP contribution in [0.3, 0.4) is 0 Å². The van der Waals surface area contributed by atoms with Gasteiger partial charge in [0, 0.05) is 24.8 Å². The molecule has 8 heteroatoms. The Hall–Kier alpha value is -3.68. The normalized spacial score (nSPS) is 10.4. The number of rotatable bonds is 12. The highest BCUT2D eigenvalue weighted by Gasteiger charge is 2.28. The maximum atomic E-state index is 13.0. The van der Waals surface area contributed by atoms with Crippen LogP contribution in [0.15, 0.2) is 36.4 Å². The van der Waals surface area contributed by atoms with E-state index in [4.69, 9.17) is 18.9 Å². The molecule has 0 N–H and O–H groups in total. The third kappa shape index (κ3) is 8.24. The van der Waals surface area contributed by atoms with Crippen LogP contribution in [-0.2, 0) is 25.7 Å². The molecule has 188 valence electrons. The van der Waals surface area contributed by atoms with Crippen molar-refractivity contribution in [2.24, 2.45) is 0 Å². The molecule has 0 aromatic heterocycles. The molecule has 0 aliphatic carbocycles. The van der Waals surface area contributed by atoms with Crippen LogP contribution in [0.4, 0.5) is 0 Å². The molecule has 0 aliphatic heterocycles. The zero-order chi connectivity index (χ0) is 25.8. The first-order valence-electron chi connectivity index (χ1n) is 11.8. The van der Waals surface area contributed by atoms with Crippen LogP contribution in [0.5, 0.6) is 17.2 Å². The van der Waals surface area contributed by atoms with Crippen molar-refractivity contribution < 1.29 is 38.1 Å². The molecule has 0 heterocycles. The number of carbonyl (C=O) groups excluding carboxylic acids is 4. The van der Waals surface area contributed by atoms with Gasteiger partial charge >= 0.3 is 23.9 Å². The first kappa shape index (κ1) is 27.6. The molecule has 8 nitrogen and oxygen atoms in total. The minimum Gasteiger partial charge on any atom is -0.457 e. The fraction of sp³-hybridized carbons (Fsp3) is 0.407. The van der Waals surface area contributed by atoms with Gasteiger partial charge in [0.15, 0.2) is 11.5 Å². The molecule has 0 unspecified atom stereocenters. The van der Waals surface area contributed by atoms with Gasteiger partial charge in [-0.1, -0.05) is 51.1 Å². The second kappa shape index (κ2) is 13.9. The third-order valence-corrected chi connectivity index (χ3v) is 4.90. The minimum absolute atomic E-state index is 0.0161. The molecule has 2 aromatic carbocycles. The summed E-state index contributed by atoms with van der Waals surface area (Å²) in [6, 6.07) is 10.4. The summed E-state index contributed by atoms with van der Waals surface area (Å²) >= 11 is 0. The summed E-state index contributed by atoms with van der Waals surface area (Å²) < 4.78 is 21.9. The second-order valence-corrected chi connectivity index (χ2v) is 7.94. The van der Waals surface area contributed by atoms with Crippen LogP contribution in [-0.4, -0.2) is 23.9 Å². The summed E-state index contributed by atoms with van der Waals surface area (Å²) in [5, 5.41) is 0. The van der Waals surface area contributed by atoms with Crippen LogP contribution >= 0.6 is 0 Å². The van der Waals surface area contributed by atoms with Gasteiger partial charge in [-0.2, -0.15) is 0 Å². The maximum absolute atomic E-state index is 13.0. The monoisotopic (exact) mass is 484 g/mol. The number of ether oxygens (including phenoxy) is 4. The van der Waals surface area contributed by atoms with Gasteiger partial charge in [0.05, 0.1) is 5.56 Å². The van der Waals surface area contributed by atoms with Gasteiger partial charge in [0.25, 0.3) is 0 Å². The van der Waals surface area contributed by atoms with Crippen LogP contribution in [0, 0.1) is 6.92 Å². The van der Waals surface area contributed by atoms with Gasteiger partial charge in [-0.05, 0) is 37.8 Å². The summed E-state index contributed by atoms with van der Waals surface area (Å²) in [6.07, 6.45) is 1.90. The summed E-state index contributed by atoms with van der Waals surface area (Å²) in [5.41, 5.74) is 1.03. The van der Waals surface area contributed by atoms with E-state index in [0.29, 0.717) is 19.3 Å². The number of hydrogen-bond acceptors (Lipinski definition) is 8. The van der Waals surface area contributed by atoms with Crippen molar-refractivity contribution in [3.63, 3.8) is 0 Å². The van der Waals surface area contributed by atoms with Crippen LogP contribution < -0.4 is 14.2 Å². The first-order chi connectivity index (χ1) is 16.8. The molecule has 0 amide bonds. The fourth-order valence-corrected chi connectivity index (χ4v) is 3.13. The molecule has 0 aliphatic rings. The van der Waals surface area contributed by atoms with Crippen LogP contribution in [0.2, 0.25) is 0 Å². The lowest BCUT2D eigenvalue weighted by Crippen LogP contribution is -2.17. The van der Waals surface area contributed by atoms with E-state index in [1.165, 1.54) is 6.07 Å². The van der Waals surface area contributed by atoms with Crippen molar-refractivity contribution in [3.05, 3.63) is 53.1 Å². The fourth-order valence-electron chi connectivity index (χ4n) is 3.13. The Kier molecular flexibility index (Phi) is 10.9. The van der Waals surface area contributed by atoms with E-state index in [-0.39, 0.29) is 54.2 Å². The topological polar surface area (TPSA) is 105 Å². The number of carbonyl (C=O) groups is 4. The predicted octanol–water partition coefficient (Wildman–Crippen LogP) is 5.47. The van der Waals surface area contributed by atoms with Crippen molar-refractivity contribution in [2.75, 3.05) is 0 Å². The zero-order valence-electron chi connectivity index (χ0n) is 20.7. The van der Waals surface area contributed by atoms with Crippen molar-refractivity contribution in [1.29, 1.82) is 0 Å². The molecule has 0 spiro atoms. The molecule has 2 aromatic rings. The van der Waals surface area contributed by atoms with E-state index in [1.54, 1.807) is 6.92 Å². The van der Waals surface area contributed by atoms with Gasteiger partial charge in [0.1, 0.15) is 6.61 Å². The van der Waals surface area contributed by atoms with Crippen molar-refractivity contribution in [2.45, 2.75) is 72.8 Å². The van der Waals surface area contributed by atoms with Gasteiger partial charge < -0.3 is 18.9 Å². The Morgan fingerprint density at radius 3 is 1.77 bits per heavy atom. The molecule has 0 atom stereocenters. The molecule has 0 saturated carbocycles. The van der Waals surface area contributed by atoms with E-state index < -0.39 is 23.9 Å². The van der Waals surface area contributed by atoms with Crippen LogP contribution in [0.1, 0.15) is 80.8 Å². The molecule has 0 bridgehead atoms. The molecule has 0 saturated heterocycles. The largest absolute Gasteiger partial charge is 0.457 e. The number of hydrogen-bond donors (Lipinski definition) is 0. The van der Waals surface area contributed by atoms with E-state index in [0.717, 1.165) is 5.56 Å². The standard InChI is InChI=1S/C27H32O8/c1-5-11-22(28)33-21-16-20(27(31)32-17-19-14-9-8-10-15-19)18(4)25(34-23(29)12-6-2)26(21)35-24(30)13-7-3/h8-10,14-16H,5-7,11-13,17H2,1-4H3. The molecular formula is C27H32O8. The summed E-state index contributed by atoms with van der Waals surface area (Å²) in [7, 11) is 0. The number of esters is 4. The van der Waals surface area contributed by atoms with Gasteiger partial charge in [-0.3, -0.25) is 14.4 Å². The van der Waals surface area contributed by atoms with Gasteiger partial charge in [-0.25, -0.2) is 4.79 Å². The second-order valence-electron chi connectivity index (χ2n) is 7.94. The van der Waals surface area contributed by atoms with E-state index in [9.17, 15) is 19.2 Å². The SMILES string of the molecule is CCCC(=O)Oc1cc(C(=O)OCc2ccccc2)c(C)c(OC(=O)CCC)c1OC(=O)CCC. The number of benzene rings is 2. The van der Waals surface area contributed by atoms with Crippen molar-refractivity contribution in [1.82, 2.24) is 0 Å². The molecular weight excluding hydrogens is 452 g/mol. The highest BCUT2D eigenvalue weighted by molar-refractivity contribution is 5.94. The highest BCUT2D eigenvalue weighted by Crippen LogP contribution is 2.43. The Bertz CT molecular complexity index is 1040. The first-order valence-corrected chi connectivity index (χ1v) is 11.8. The van der Waals surface area contributed by atoms with E-state index in [2.05, 4.69) is 0 Å². The van der Waals surface area contributed by atoms with E-state index >= 15 is 0 Å². The summed E-state index contributed by atoms with van der Waals surface area (Å²) in [5.74, 6) is -3.02. The Labute approximate surface area is 205 Å². The van der Waals surface area contributed by atoms with Gasteiger partial charge in [0.2, 0.25) is 5.75 Å². The zero-order valence-corrected chi connectivity index (χ0v) is 20.7. The van der Waals surface area contributed by atoms with E-state index in [1.807, 2.05) is 51.1 Å². The van der Waals surface area contributed by atoms with Gasteiger partial charge in [-0.15, -0.1) is 0 Å². The quantitative estimate of drug-likeness (QED) is 0.288. The van der Waals surface area contributed by atoms with Crippen molar-refractivity contribution in [3.8, 4) is 17.2 Å². The summed E-state index contributed by atoms with van der Waals surface area (Å²) in [6.45, 7) is 6.99. The van der Waals surface area contributed by atoms with Crippen LogP contribution in [0.25, 0.3) is 0 Å². The Balaban J connectivity index is 2.55. The molecule has 35 heavy (non-hydrogen) atoms. The molecule has 2 rings (SSSR count). The predicted molar refractivity (Wildman–Crippen MR) is 128 cm³/mol.